The van der Waals surface area contributed by atoms with Crippen LogP contribution in [0.4, 0.5) is 5.69 Å². The Morgan fingerprint density at radius 3 is 2.56 bits per heavy atom. The molecule has 182 valence electrons. The van der Waals surface area contributed by atoms with Crippen LogP contribution in [0.15, 0.2) is 65.7 Å². The Labute approximate surface area is 208 Å². The van der Waals surface area contributed by atoms with Gasteiger partial charge in [-0.1, -0.05) is 18.2 Å². The smallest absolute Gasteiger partial charge is 0.337 e. The largest absolute Gasteiger partial charge is 0.478 e. The van der Waals surface area contributed by atoms with Crippen LogP contribution in [0.5, 0.6) is 0 Å². The van der Waals surface area contributed by atoms with Crippen molar-refractivity contribution in [2.24, 2.45) is 7.05 Å². The highest BCUT2D eigenvalue weighted by Gasteiger charge is 2.19. The third-order valence-corrected chi connectivity index (χ3v) is 6.77. The van der Waals surface area contributed by atoms with E-state index >= 15 is 0 Å². The molecule has 0 aliphatic heterocycles. The van der Waals surface area contributed by atoms with E-state index in [1.54, 1.807) is 34.9 Å². The molecule has 0 bridgehead atoms. The lowest BCUT2D eigenvalue weighted by atomic mass is 10.0. The molecule has 7 heteroatoms. The lowest BCUT2D eigenvalue weighted by Crippen LogP contribution is -2.22. The first-order valence-corrected chi connectivity index (χ1v) is 11.8. The minimum Gasteiger partial charge on any atom is -0.478 e. The number of carboxylic acid groups (broad SMARTS) is 1. The van der Waals surface area contributed by atoms with Gasteiger partial charge in [0.2, 0.25) is 0 Å². The van der Waals surface area contributed by atoms with Crippen LogP contribution < -0.4 is 10.9 Å². The molecule has 1 unspecified atom stereocenters. The second-order valence-electron chi connectivity index (χ2n) is 9.43. The number of nitrogens with one attached hydrogen (secondary N) is 1. The number of rotatable bonds is 5. The normalized spacial score (nSPS) is 12.2. The van der Waals surface area contributed by atoms with Crippen molar-refractivity contribution >= 4 is 28.2 Å². The van der Waals surface area contributed by atoms with E-state index in [4.69, 9.17) is 4.98 Å². The van der Waals surface area contributed by atoms with Gasteiger partial charge >= 0.3 is 5.97 Å². The molecule has 0 spiro atoms. The number of fused-ring (bicyclic) bond motifs is 2. The van der Waals surface area contributed by atoms with Crippen LogP contribution in [0.25, 0.3) is 27.8 Å². The number of pyridine rings is 1. The Bertz CT molecular complexity index is 1730. The summed E-state index contributed by atoms with van der Waals surface area (Å²) >= 11 is 0. The van der Waals surface area contributed by atoms with Gasteiger partial charge in [0.05, 0.1) is 17.3 Å². The second kappa shape index (κ2) is 8.68. The Balaban J connectivity index is 1.69. The van der Waals surface area contributed by atoms with Crippen molar-refractivity contribution < 1.29 is 9.90 Å². The van der Waals surface area contributed by atoms with Crippen LogP contribution in [0.1, 0.15) is 45.6 Å². The number of nitrogens with zero attached hydrogens (tertiary/aromatic N) is 3. The third kappa shape index (κ3) is 3.82. The van der Waals surface area contributed by atoms with Crippen molar-refractivity contribution in [3.63, 3.8) is 0 Å². The zero-order valence-electron chi connectivity index (χ0n) is 21.0. The van der Waals surface area contributed by atoms with Gasteiger partial charge in [-0.05, 0) is 69.2 Å². The summed E-state index contributed by atoms with van der Waals surface area (Å²) in [6.07, 6.45) is 3.89. The third-order valence-electron chi connectivity index (χ3n) is 6.77. The van der Waals surface area contributed by atoms with Crippen LogP contribution in [-0.2, 0) is 7.05 Å². The number of aryl methyl sites for hydroxylation is 3. The summed E-state index contributed by atoms with van der Waals surface area (Å²) in [5, 5.41) is 14.0. The van der Waals surface area contributed by atoms with Gasteiger partial charge in [-0.3, -0.25) is 9.20 Å². The van der Waals surface area contributed by atoms with E-state index in [2.05, 4.69) is 35.1 Å². The van der Waals surface area contributed by atoms with E-state index in [0.29, 0.717) is 22.6 Å². The van der Waals surface area contributed by atoms with E-state index in [1.165, 1.54) is 0 Å². The molecule has 3 aromatic heterocycles. The van der Waals surface area contributed by atoms with Crippen molar-refractivity contribution in [2.45, 2.75) is 33.7 Å². The summed E-state index contributed by atoms with van der Waals surface area (Å²) in [6.45, 7) is 7.76. The highest BCUT2D eigenvalue weighted by Crippen LogP contribution is 2.30. The number of hydrogen-bond acceptors (Lipinski definition) is 4. The number of carbonyl (C=O) groups is 1. The molecule has 36 heavy (non-hydrogen) atoms. The zero-order valence-corrected chi connectivity index (χ0v) is 21.0. The summed E-state index contributed by atoms with van der Waals surface area (Å²) in [5.74, 6) is -1.00. The second-order valence-corrected chi connectivity index (χ2v) is 9.43. The van der Waals surface area contributed by atoms with Gasteiger partial charge in [0.1, 0.15) is 5.65 Å². The standard InChI is InChI=1S/C29H28N4O3/c1-16-12-23(19(4)30-24-9-7-6-8-21(24)29(35)36)27-31-26(18(3)28(34)33(27)14-16)20-10-11-25-22(13-20)17(2)15-32(25)5/h6-15,19,30H,1-5H3,(H,35,36). The fraction of sp³-hybridized carbons (Fsp3) is 0.207. The maximum atomic E-state index is 13.5. The van der Waals surface area contributed by atoms with Crippen molar-refractivity contribution in [3.8, 4) is 11.3 Å². The Hall–Kier alpha value is -4.39. The molecular formula is C29H28N4O3. The topological polar surface area (TPSA) is 88.6 Å². The minimum absolute atomic E-state index is 0.122. The SMILES string of the molecule is Cc1cc(C(C)Nc2ccccc2C(=O)O)c2nc(-c3ccc4c(c3)c(C)cn4C)c(C)c(=O)n2c1. The molecule has 3 heterocycles. The summed E-state index contributed by atoms with van der Waals surface area (Å²) in [4.78, 5) is 30.2. The lowest BCUT2D eigenvalue weighted by Gasteiger charge is -2.20. The first kappa shape index (κ1) is 23.4. The Morgan fingerprint density at radius 2 is 1.81 bits per heavy atom. The van der Waals surface area contributed by atoms with Gasteiger partial charge in [0, 0.05) is 52.7 Å². The van der Waals surface area contributed by atoms with Crippen molar-refractivity contribution in [1.29, 1.82) is 0 Å². The molecule has 0 fully saturated rings. The molecule has 5 rings (SSSR count). The van der Waals surface area contributed by atoms with Crippen LogP contribution in [-0.4, -0.2) is 25.0 Å². The number of aromatic nitrogens is 3. The van der Waals surface area contributed by atoms with E-state index in [0.717, 1.165) is 33.2 Å². The highest BCUT2D eigenvalue weighted by atomic mass is 16.4. The number of hydrogen-bond donors (Lipinski definition) is 2. The van der Waals surface area contributed by atoms with Gasteiger partial charge in [-0.15, -0.1) is 0 Å². The Morgan fingerprint density at radius 1 is 1.06 bits per heavy atom. The van der Waals surface area contributed by atoms with Gasteiger partial charge in [0.25, 0.3) is 5.56 Å². The Kier molecular flexibility index (Phi) is 5.63. The summed E-state index contributed by atoms with van der Waals surface area (Å²) in [6, 6.07) is 14.6. The van der Waals surface area contributed by atoms with Crippen LogP contribution in [0, 0.1) is 20.8 Å². The fourth-order valence-electron chi connectivity index (χ4n) is 4.94. The van der Waals surface area contributed by atoms with Gasteiger partial charge in [0.15, 0.2) is 0 Å². The van der Waals surface area contributed by atoms with Gasteiger partial charge in [-0.2, -0.15) is 0 Å². The average Bonchev–Trinajstić information content (AvgIpc) is 3.14. The van der Waals surface area contributed by atoms with Gasteiger partial charge in [-0.25, -0.2) is 9.78 Å². The van der Waals surface area contributed by atoms with E-state index in [9.17, 15) is 14.7 Å². The van der Waals surface area contributed by atoms with Crippen LogP contribution >= 0.6 is 0 Å². The number of carboxylic acids is 1. The molecule has 0 radical (unpaired) electrons. The summed E-state index contributed by atoms with van der Waals surface area (Å²) < 4.78 is 3.68. The molecule has 0 aliphatic carbocycles. The first-order valence-electron chi connectivity index (χ1n) is 11.8. The number of anilines is 1. The van der Waals surface area contributed by atoms with E-state index < -0.39 is 5.97 Å². The minimum atomic E-state index is -1.00. The van der Waals surface area contributed by atoms with Crippen molar-refractivity contribution in [1.82, 2.24) is 14.0 Å². The maximum absolute atomic E-state index is 13.5. The molecule has 0 amide bonds. The van der Waals surface area contributed by atoms with E-state index in [1.807, 2.05) is 40.0 Å². The molecule has 2 N–H and O–H groups in total. The van der Waals surface area contributed by atoms with Crippen LogP contribution in [0.2, 0.25) is 0 Å². The van der Waals surface area contributed by atoms with Crippen molar-refractivity contribution in [3.05, 3.63) is 99.1 Å². The predicted octanol–water partition coefficient (Wildman–Crippen LogP) is 5.65. The van der Waals surface area contributed by atoms with Gasteiger partial charge < -0.3 is 15.0 Å². The molecule has 0 aliphatic rings. The predicted molar refractivity (Wildman–Crippen MR) is 143 cm³/mol. The molecule has 5 aromatic rings. The molecule has 2 aromatic carbocycles. The molecule has 1 atom stereocenters. The monoisotopic (exact) mass is 480 g/mol. The molecule has 0 saturated carbocycles. The average molecular weight is 481 g/mol. The molecular weight excluding hydrogens is 452 g/mol. The maximum Gasteiger partial charge on any atom is 0.337 e. The van der Waals surface area contributed by atoms with Crippen LogP contribution in [0.3, 0.4) is 0 Å². The number of para-hydroxylation sites is 1. The highest BCUT2D eigenvalue weighted by molar-refractivity contribution is 5.94. The first-order chi connectivity index (χ1) is 17.2. The fourth-order valence-corrected chi connectivity index (χ4v) is 4.94. The molecule has 7 nitrogen and oxygen atoms in total. The quantitative estimate of drug-likeness (QED) is 0.339. The summed E-state index contributed by atoms with van der Waals surface area (Å²) in [7, 11) is 2.02. The lowest BCUT2D eigenvalue weighted by molar-refractivity contribution is 0.0698. The number of benzene rings is 2. The number of aromatic carboxylic acids is 1. The summed E-state index contributed by atoms with van der Waals surface area (Å²) in [5.41, 5.74) is 7.24. The van der Waals surface area contributed by atoms with Crippen molar-refractivity contribution in [2.75, 3.05) is 5.32 Å². The molecule has 0 saturated heterocycles. The zero-order chi connectivity index (χ0) is 25.7. The van der Waals surface area contributed by atoms with E-state index in [-0.39, 0.29) is 17.2 Å².